The maximum Gasteiger partial charge on any atom is 0.270 e. The molecule has 1 saturated heterocycles. The van der Waals surface area contributed by atoms with Crippen LogP contribution in [0.4, 0.5) is 11.4 Å². The molecule has 4 rings (SSSR count). The molecule has 0 spiro atoms. The number of pyridine rings is 1. The van der Waals surface area contributed by atoms with Crippen LogP contribution in [0.2, 0.25) is 0 Å². The van der Waals surface area contributed by atoms with E-state index in [1.807, 2.05) is 24.3 Å². The molecule has 1 aliphatic rings. The first-order valence-corrected chi connectivity index (χ1v) is 8.86. The average molecular weight is 348 g/mol. The van der Waals surface area contributed by atoms with Crippen LogP contribution in [-0.4, -0.2) is 28.4 Å². The monoisotopic (exact) mass is 348 g/mol. The summed E-state index contributed by atoms with van der Waals surface area (Å²) in [6, 6.07) is 13.0. The van der Waals surface area contributed by atoms with Gasteiger partial charge < -0.3 is 10.2 Å². The molecule has 26 heavy (non-hydrogen) atoms. The lowest BCUT2D eigenvalue weighted by atomic mass is 10.1. The van der Waals surface area contributed by atoms with Crippen molar-refractivity contribution in [2.24, 2.45) is 0 Å². The molecule has 0 bridgehead atoms. The molecule has 0 unspecified atom stereocenters. The Bertz CT molecular complexity index is 1010. The number of piperidine rings is 1. The maximum absolute atomic E-state index is 12.7. The first-order valence-electron chi connectivity index (χ1n) is 8.86. The Morgan fingerprint density at radius 1 is 1.00 bits per heavy atom. The van der Waals surface area contributed by atoms with Crippen LogP contribution in [0.15, 0.2) is 59.7 Å². The molecule has 0 atom stereocenters. The SMILES string of the molecule is O=C(Nc1ccccc1N1CCCCC1)c1cnc2ccccn2c1=O. The Morgan fingerprint density at radius 2 is 1.77 bits per heavy atom. The molecule has 1 aliphatic heterocycles. The third kappa shape index (κ3) is 3.06. The number of hydrogen-bond acceptors (Lipinski definition) is 4. The summed E-state index contributed by atoms with van der Waals surface area (Å²) >= 11 is 0. The number of para-hydroxylation sites is 2. The van der Waals surface area contributed by atoms with Gasteiger partial charge in [-0.15, -0.1) is 0 Å². The van der Waals surface area contributed by atoms with Crippen molar-refractivity contribution in [3.05, 3.63) is 70.8 Å². The number of benzene rings is 1. The molecule has 1 fully saturated rings. The fraction of sp³-hybridized carbons (Fsp3) is 0.250. The minimum atomic E-state index is -0.440. The van der Waals surface area contributed by atoms with Gasteiger partial charge in [0.15, 0.2) is 0 Å². The summed E-state index contributed by atoms with van der Waals surface area (Å²) in [5.41, 5.74) is 1.89. The van der Waals surface area contributed by atoms with Crippen LogP contribution in [0, 0.1) is 0 Å². The van der Waals surface area contributed by atoms with Crippen LogP contribution in [0.1, 0.15) is 29.6 Å². The quantitative estimate of drug-likeness (QED) is 0.790. The largest absolute Gasteiger partial charge is 0.370 e. The van der Waals surface area contributed by atoms with Gasteiger partial charge in [0.25, 0.3) is 11.5 Å². The highest BCUT2D eigenvalue weighted by atomic mass is 16.2. The number of anilines is 2. The second kappa shape index (κ2) is 7.00. The van der Waals surface area contributed by atoms with E-state index in [0.29, 0.717) is 5.65 Å². The molecule has 0 aliphatic carbocycles. The molecule has 3 heterocycles. The number of rotatable bonds is 3. The Morgan fingerprint density at radius 3 is 2.62 bits per heavy atom. The first kappa shape index (κ1) is 16.3. The molecule has 1 aromatic carbocycles. The number of carbonyl (C=O) groups is 1. The summed E-state index contributed by atoms with van der Waals surface area (Å²) in [5, 5.41) is 2.90. The van der Waals surface area contributed by atoms with Crippen LogP contribution in [0.3, 0.4) is 0 Å². The molecule has 2 aromatic heterocycles. The Labute approximate surface area is 151 Å². The zero-order valence-corrected chi connectivity index (χ0v) is 14.4. The standard InChI is InChI=1S/C20H20N4O2/c25-19(15-14-21-18-10-4-7-13-24(18)20(15)26)22-16-8-2-3-9-17(16)23-11-5-1-6-12-23/h2-4,7-10,13-14H,1,5-6,11-12H2,(H,22,25). The normalized spacial score (nSPS) is 14.4. The van der Waals surface area contributed by atoms with E-state index in [0.717, 1.165) is 37.3 Å². The van der Waals surface area contributed by atoms with Crippen molar-refractivity contribution in [1.29, 1.82) is 0 Å². The number of hydrogen-bond donors (Lipinski definition) is 1. The van der Waals surface area contributed by atoms with Crippen molar-refractivity contribution < 1.29 is 4.79 Å². The second-order valence-corrected chi connectivity index (χ2v) is 6.42. The van der Waals surface area contributed by atoms with Gasteiger partial charge in [0.1, 0.15) is 11.2 Å². The fourth-order valence-electron chi connectivity index (χ4n) is 3.36. The van der Waals surface area contributed by atoms with E-state index >= 15 is 0 Å². The highest BCUT2D eigenvalue weighted by Crippen LogP contribution is 2.28. The summed E-state index contributed by atoms with van der Waals surface area (Å²) in [6.45, 7) is 1.96. The lowest BCUT2D eigenvalue weighted by molar-refractivity contribution is 0.102. The summed E-state index contributed by atoms with van der Waals surface area (Å²) in [6.07, 6.45) is 6.50. The van der Waals surface area contributed by atoms with E-state index < -0.39 is 5.91 Å². The zero-order chi connectivity index (χ0) is 17.9. The summed E-state index contributed by atoms with van der Waals surface area (Å²) < 4.78 is 1.38. The van der Waals surface area contributed by atoms with Crippen LogP contribution in [-0.2, 0) is 0 Å². The fourth-order valence-corrected chi connectivity index (χ4v) is 3.36. The van der Waals surface area contributed by atoms with Gasteiger partial charge in [-0.1, -0.05) is 18.2 Å². The van der Waals surface area contributed by atoms with Gasteiger partial charge >= 0.3 is 0 Å². The molecular weight excluding hydrogens is 328 g/mol. The minimum Gasteiger partial charge on any atom is -0.370 e. The molecule has 0 saturated carbocycles. The van der Waals surface area contributed by atoms with Crippen molar-refractivity contribution in [2.75, 3.05) is 23.3 Å². The highest BCUT2D eigenvalue weighted by Gasteiger charge is 2.18. The van der Waals surface area contributed by atoms with Crippen molar-refractivity contribution in [1.82, 2.24) is 9.38 Å². The number of nitrogens with one attached hydrogen (secondary N) is 1. The number of fused-ring (bicyclic) bond motifs is 1. The average Bonchev–Trinajstić information content (AvgIpc) is 2.69. The smallest absolute Gasteiger partial charge is 0.270 e. The van der Waals surface area contributed by atoms with E-state index in [4.69, 9.17) is 0 Å². The Kier molecular flexibility index (Phi) is 4.39. The molecular formula is C20H20N4O2. The third-order valence-electron chi connectivity index (χ3n) is 4.71. The Balaban J connectivity index is 1.65. The molecule has 3 aromatic rings. The van der Waals surface area contributed by atoms with Crippen LogP contribution >= 0.6 is 0 Å². The number of nitrogens with zero attached hydrogens (tertiary/aromatic N) is 3. The van der Waals surface area contributed by atoms with Gasteiger partial charge in [-0.05, 0) is 43.5 Å². The van der Waals surface area contributed by atoms with Crippen LogP contribution < -0.4 is 15.8 Å². The van der Waals surface area contributed by atoms with E-state index in [1.165, 1.54) is 17.0 Å². The predicted octanol–water partition coefficient (Wildman–Crippen LogP) is 2.94. The van der Waals surface area contributed by atoms with E-state index in [1.54, 1.807) is 24.4 Å². The van der Waals surface area contributed by atoms with Crippen LogP contribution in [0.25, 0.3) is 5.65 Å². The third-order valence-corrected chi connectivity index (χ3v) is 4.71. The van der Waals surface area contributed by atoms with E-state index in [-0.39, 0.29) is 11.1 Å². The zero-order valence-electron chi connectivity index (χ0n) is 14.4. The second-order valence-electron chi connectivity index (χ2n) is 6.42. The lowest BCUT2D eigenvalue weighted by Gasteiger charge is -2.30. The van der Waals surface area contributed by atoms with Gasteiger partial charge in [-0.25, -0.2) is 4.98 Å². The van der Waals surface area contributed by atoms with Crippen molar-refractivity contribution in [3.63, 3.8) is 0 Å². The summed E-state index contributed by atoms with van der Waals surface area (Å²) in [4.78, 5) is 31.8. The van der Waals surface area contributed by atoms with Gasteiger partial charge in [-0.2, -0.15) is 0 Å². The van der Waals surface area contributed by atoms with Gasteiger partial charge in [0, 0.05) is 25.5 Å². The molecule has 1 N–H and O–H groups in total. The van der Waals surface area contributed by atoms with Crippen molar-refractivity contribution in [2.45, 2.75) is 19.3 Å². The maximum atomic E-state index is 12.7. The van der Waals surface area contributed by atoms with Gasteiger partial charge in [0.2, 0.25) is 0 Å². The predicted molar refractivity (Wildman–Crippen MR) is 102 cm³/mol. The van der Waals surface area contributed by atoms with E-state index in [2.05, 4.69) is 15.2 Å². The molecule has 6 nitrogen and oxygen atoms in total. The van der Waals surface area contributed by atoms with Gasteiger partial charge in [-0.3, -0.25) is 14.0 Å². The lowest BCUT2D eigenvalue weighted by Crippen LogP contribution is -2.31. The molecule has 1 amide bonds. The van der Waals surface area contributed by atoms with Crippen molar-refractivity contribution in [3.8, 4) is 0 Å². The number of aromatic nitrogens is 2. The summed E-state index contributed by atoms with van der Waals surface area (Å²) in [7, 11) is 0. The topological polar surface area (TPSA) is 66.7 Å². The molecule has 132 valence electrons. The summed E-state index contributed by atoms with van der Waals surface area (Å²) in [5.74, 6) is -0.440. The first-order chi connectivity index (χ1) is 12.7. The molecule has 6 heteroatoms. The Hall–Kier alpha value is -3.15. The van der Waals surface area contributed by atoms with Crippen molar-refractivity contribution >= 4 is 22.9 Å². The highest BCUT2D eigenvalue weighted by molar-refractivity contribution is 6.05. The number of amides is 1. The minimum absolute atomic E-state index is 0.0298. The molecule has 0 radical (unpaired) electrons. The van der Waals surface area contributed by atoms with Crippen LogP contribution in [0.5, 0.6) is 0 Å². The van der Waals surface area contributed by atoms with E-state index in [9.17, 15) is 9.59 Å². The number of carbonyl (C=O) groups excluding carboxylic acids is 1. The van der Waals surface area contributed by atoms with Gasteiger partial charge in [0.05, 0.1) is 11.4 Å².